The highest BCUT2D eigenvalue weighted by Crippen LogP contribution is 2.46. The highest BCUT2D eigenvalue weighted by molar-refractivity contribution is 8.00. The fourth-order valence-electron chi connectivity index (χ4n) is 3.90. The second-order valence-corrected chi connectivity index (χ2v) is 9.88. The summed E-state index contributed by atoms with van der Waals surface area (Å²) in [6.45, 7) is 8.03. The summed E-state index contributed by atoms with van der Waals surface area (Å²) in [6, 6.07) is 3.47. The average molecular weight is 495 g/mol. The molecule has 1 saturated heterocycles. The Bertz CT molecular complexity index is 1020. The zero-order chi connectivity index (χ0) is 25.0. The number of allylic oxidation sites excluding steroid dienone is 9. The maximum absolute atomic E-state index is 10.1. The van der Waals surface area contributed by atoms with Crippen LogP contribution >= 0.6 is 11.8 Å². The number of hydrogen-bond donors (Lipinski definition) is 2. The summed E-state index contributed by atoms with van der Waals surface area (Å²) in [4.78, 5) is 7.10. The Morgan fingerprint density at radius 1 is 1.14 bits per heavy atom. The second-order valence-electron chi connectivity index (χ2n) is 8.66. The van der Waals surface area contributed by atoms with Gasteiger partial charge >= 0.3 is 0 Å². The molecule has 35 heavy (non-hydrogen) atoms. The predicted molar refractivity (Wildman–Crippen MR) is 147 cm³/mol. The molecular formula is C29H38N2O3S. The van der Waals surface area contributed by atoms with Crippen LogP contribution in [0.5, 0.6) is 11.5 Å². The minimum absolute atomic E-state index is 0.0365. The van der Waals surface area contributed by atoms with E-state index in [0.29, 0.717) is 5.75 Å². The van der Waals surface area contributed by atoms with E-state index in [1.54, 1.807) is 17.8 Å². The van der Waals surface area contributed by atoms with E-state index >= 15 is 0 Å². The number of anilines is 1. The number of nitrogen functional groups attached to an aromatic ring is 1. The van der Waals surface area contributed by atoms with Crippen molar-refractivity contribution in [3.63, 3.8) is 0 Å². The first kappa shape index (κ1) is 26.8. The van der Waals surface area contributed by atoms with E-state index in [0.717, 1.165) is 30.2 Å². The SMILES string of the molecule is CC=CC/C(=C\C=C\C1Oc2c(ccc(O)c2N)SC1/C=C/C=C(C)\C=C/C)ON1CCCCC1. The van der Waals surface area contributed by atoms with Gasteiger partial charge in [-0.3, -0.25) is 0 Å². The summed E-state index contributed by atoms with van der Waals surface area (Å²) in [5, 5.41) is 12.2. The molecule has 0 saturated carbocycles. The van der Waals surface area contributed by atoms with Gasteiger partial charge in [0.1, 0.15) is 23.3 Å². The van der Waals surface area contributed by atoms with E-state index < -0.39 is 0 Å². The molecule has 2 aliphatic rings. The number of aromatic hydroxyl groups is 1. The number of benzene rings is 1. The van der Waals surface area contributed by atoms with Crippen LogP contribution in [0.2, 0.25) is 0 Å². The van der Waals surface area contributed by atoms with Crippen LogP contribution in [-0.4, -0.2) is 34.6 Å². The van der Waals surface area contributed by atoms with Gasteiger partial charge in [-0.1, -0.05) is 60.6 Å². The van der Waals surface area contributed by atoms with Crippen LogP contribution in [0.1, 0.15) is 46.5 Å². The Morgan fingerprint density at radius 3 is 2.66 bits per heavy atom. The van der Waals surface area contributed by atoms with Gasteiger partial charge in [0, 0.05) is 19.5 Å². The minimum Gasteiger partial charge on any atom is -0.506 e. The number of hydrogen-bond acceptors (Lipinski definition) is 6. The van der Waals surface area contributed by atoms with E-state index in [1.165, 1.54) is 24.8 Å². The number of phenols is 1. The molecule has 2 atom stereocenters. The fraction of sp³-hybridized carbons (Fsp3) is 0.379. The van der Waals surface area contributed by atoms with Crippen molar-refractivity contribution in [3.8, 4) is 11.5 Å². The van der Waals surface area contributed by atoms with Gasteiger partial charge in [-0.25, -0.2) is 0 Å². The summed E-state index contributed by atoms with van der Waals surface area (Å²) in [5.41, 5.74) is 7.58. The van der Waals surface area contributed by atoms with Crippen LogP contribution in [-0.2, 0) is 4.84 Å². The number of piperidine rings is 1. The Hall–Kier alpha value is -2.83. The number of ether oxygens (including phenoxy) is 1. The Kier molecular flexibility index (Phi) is 10.6. The molecule has 0 radical (unpaired) electrons. The zero-order valence-corrected chi connectivity index (χ0v) is 21.8. The zero-order valence-electron chi connectivity index (χ0n) is 21.0. The molecule has 0 aliphatic carbocycles. The fourth-order valence-corrected chi connectivity index (χ4v) is 5.05. The van der Waals surface area contributed by atoms with Gasteiger partial charge in [-0.05, 0) is 57.9 Å². The molecule has 2 unspecified atom stereocenters. The van der Waals surface area contributed by atoms with E-state index in [-0.39, 0.29) is 22.8 Å². The lowest BCUT2D eigenvalue weighted by Gasteiger charge is -2.30. The Labute approximate surface area is 214 Å². The number of nitrogens with two attached hydrogens (primary N) is 1. The van der Waals surface area contributed by atoms with Crippen molar-refractivity contribution in [2.45, 2.75) is 62.7 Å². The molecule has 1 aromatic rings. The van der Waals surface area contributed by atoms with E-state index in [9.17, 15) is 5.11 Å². The molecule has 2 aliphatic heterocycles. The van der Waals surface area contributed by atoms with Crippen molar-refractivity contribution in [2.75, 3.05) is 18.8 Å². The predicted octanol–water partition coefficient (Wildman–Crippen LogP) is 7.10. The van der Waals surface area contributed by atoms with Crippen LogP contribution in [0, 0.1) is 0 Å². The molecule has 0 spiro atoms. The van der Waals surface area contributed by atoms with Crippen LogP contribution in [0.15, 0.2) is 89.1 Å². The summed E-state index contributed by atoms with van der Waals surface area (Å²) in [7, 11) is 0. The van der Waals surface area contributed by atoms with Crippen LogP contribution in [0.3, 0.4) is 0 Å². The van der Waals surface area contributed by atoms with Gasteiger partial charge in [-0.2, -0.15) is 0 Å². The molecule has 0 bridgehead atoms. The van der Waals surface area contributed by atoms with E-state index in [4.69, 9.17) is 15.3 Å². The number of hydroxylamine groups is 2. The van der Waals surface area contributed by atoms with Crippen molar-refractivity contribution in [1.82, 2.24) is 5.06 Å². The summed E-state index contributed by atoms with van der Waals surface area (Å²) < 4.78 is 6.30. The molecule has 3 rings (SSSR count). The van der Waals surface area contributed by atoms with Crippen molar-refractivity contribution >= 4 is 17.4 Å². The van der Waals surface area contributed by atoms with Gasteiger partial charge in [-0.15, -0.1) is 16.8 Å². The molecule has 188 valence electrons. The maximum Gasteiger partial charge on any atom is 0.160 e. The van der Waals surface area contributed by atoms with Gasteiger partial charge in [0.2, 0.25) is 0 Å². The lowest BCUT2D eigenvalue weighted by Crippen LogP contribution is -2.30. The Morgan fingerprint density at radius 2 is 1.91 bits per heavy atom. The molecular weight excluding hydrogens is 456 g/mol. The number of phenolic OH excluding ortho intramolecular Hbond substituents is 1. The van der Waals surface area contributed by atoms with Crippen molar-refractivity contribution in [3.05, 3.63) is 84.2 Å². The van der Waals surface area contributed by atoms with Gasteiger partial charge in [0.15, 0.2) is 5.75 Å². The topological polar surface area (TPSA) is 68.0 Å². The van der Waals surface area contributed by atoms with E-state index in [2.05, 4.69) is 42.4 Å². The molecule has 1 aromatic carbocycles. The second kappa shape index (κ2) is 13.9. The molecule has 5 nitrogen and oxygen atoms in total. The molecule has 3 N–H and O–H groups in total. The molecule has 1 fully saturated rings. The van der Waals surface area contributed by atoms with Crippen LogP contribution < -0.4 is 10.5 Å². The molecule has 0 amide bonds. The summed E-state index contributed by atoms with van der Waals surface area (Å²) in [5.74, 6) is 1.48. The summed E-state index contributed by atoms with van der Waals surface area (Å²) >= 11 is 1.68. The Balaban J connectivity index is 1.82. The lowest BCUT2D eigenvalue weighted by molar-refractivity contribution is -0.131. The van der Waals surface area contributed by atoms with Crippen molar-refractivity contribution in [1.29, 1.82) is 0 Å². The third-order valence-corrected chi connectivity index (χ3v) is 7.04. The highest BCUT2D eigenvalue weighted by atomic mass is 32.2. The molecule has 2 heterocycles. The highest BCUT2D eigenvalue weighted by Gasteiger charge is 2.29. The van der Waals surface area contributed by atoms with Gasteiger partial charge in [0.05, 0.1) is 10.1 Å². The maximum atomic E-state index is 10.1. The first-order chi connectivity index (χ1) is 17.0. The first-order valence-electron chi connectivity index (χ1n) is 12.4. The van der Waals surface area contributed by atoms with Crippen LogP contribution in [0.4, 0.5) is 5.69 Å². The van der Waals surface area contributed by atoms with Crippen LogP contribution in [0.25, 0.3) is 0 Å². The van der Waals surface area contributed by atoms with Crippen molar-refractivity contribution in [2.24, 2.45) is 0 Å². The average Bonchev–Trinajstić information content (AvgIpc) is 2.86. The smallest absolute Gasteiger partial charge is 0.160 e. The number of thioether (sulfide) groups is 1. The third kappa shape index (κ3) is 8.11. The summed E-state index contributed by atoms with van der Waals surface area (Å²) in [6.07, 6.45) is 24.7. The largest absolute Gasteiger partial charge is 0.506 e. The lowest BCUT2D eigenvalue weighted by atomic mass is 10.1. The molecule has 0 aromatic heterocycles. The minimum atomic E-state index is -0.252. The number of rotatable bonds is 9. The monoisotopic (exact) mass is 494 g/mol. The van der Waals surface area contributed by atoms with E-state index in [1.807, 2.05) is 50.3 Å². The normalized spacial score (nSPS) is 22.4. The first-order valence-corrected chi connectivity index (χ1v) is 13.2. The molecule has 6 heteroatoms. The van der Waals surface area contributed by atoms with Gasteiger partial charge in [0.25, 0.3) is 0 Å². The quantitative estimate of drug-likeness (QED) is 0.125. The third-order valence-electron chi connectivity index (χ3n) is 5.77. The van der Waals surface area contributed by atoms with Crippen molar-refractivity contribution < 1.29 is 14.7 Å². The number of fused-ring (bicyclic) bond motifs is 1. The standard InChI is InChI=1S/C29H38N2O3S/c1-4-6-14-23(34-31-20-8-7-9-21-31)15-11-16-25-26(17-10-13-22(3)12-5-2)35-27-19-18-24(32)28(30)29(27)33-25/h4-6,10-13,15-19,25-26,32H,7-9,14,20-21,30H2,1-3H3/b6-4?,12-5-,16-11+,17-10+,22-13-,23-15+. The van der Waals surface area contributed by atoms with Gasteiger partial charge < -0.3 is 20.4 Å². The number of nitrogens with zero attached hydrogens (tertiary/aromatic N) is 1.